The van der Waals surface area contributed by atoms with Crippen LogP contribution >= 0.6 is 0 Å². The molecule has 0 unspecified atom stereocenters. The molecule has 1 fully saturated rings. The fourth-order valence-electron chi connectivity index (χ4n) is 4.59. The predicted octanol–water partition coefficient (Wildman–Crippen LogP) is 4.38. The highest BCUT2D eigenvalue weighted by atomic mass is 16.4. The van der Waals surface area contributed by atoms with Crippen molar-refractivity contribution in [2.45, 2.75) is 26.2 Å². The lowest BCUT2D eigenvalue weighted by Crippen LogP contribution is -2.41. The Labute approximate surface area is 189 Å². The molecule has 7 nitrogen and oxygen atoms in total. The zero-order valence-corrected chi connectivity index (χ0v) is 18.2. The second-order valence-corrected chi connectivity index (χ2v) is 8.52. The minimum atomic E-state index is -0.825. The number of amides is 1. The third-order valence-electron chi connectivity index (χ3n) is 6.59. The monoisotopic (exact) mass is 445 g/mol. The standard InChI is InChI=1S/C26H23NO6/c1-15-18-11-20-21(16-5-3-2-4-6-16)14-32-22(20)13-23(18)33-26(31)19(15)12-24(28)27-9-7-17(8-10-27)25(29)30/h2-6,11,13-14,17H,7-10,12H2,1H3,(H,29,30). The molecule has 2 aromatic heterocycles. The van der Waals surface area contributed by atoms with Gasteiger partial charge in [-0.3, -0.25) is 9.59 Å². The molecule has 1 saturated heterocycles. The molecule has 0 spiro atoms. The van der Waals surface area contributed by atoms with E-state index in [2.05, 4.69) is 0 Å². The van der Waals surface area contributed by atoms with Crippen LogP contribution in [-0.2, 0) is 16.0 Å². The summed E-state index contributed by atoms with van der Waals surface area (Å²) >= 11 is 0. The molecule has 4 aromatic rings. The van der Waals surface area contributed by atoms with Crippen LogP contribution in [-0.4, -0.2) is 35.0 Å². The first-order valence-corrected chi connectivity index (χ1v) is 11.0. The van der Waals surface area contributed by atoms with Crippen LogP contribution in [0.5, 0.6) is 0 Å². The molecule has 168 valence electrons. The molecule has 5 rings (SSSR count). The van der Waals surface area contributed by atoms with Gasteiger partial charge in [0.2, 0.25) is 5.91 Å². The molecule has 7 heteroatoms. The number of carbonyl (C=O) groups excluding carboxylic acids is 1. The molecule has 3 heterocycles. The molecule has 1 amide bonds. The van der Waals surface area contributed by atoms with E-state index in [-0.39, 0.29) is 12.3 Å². The molecular weight excluding hydrogens is 422 g/mol. The first-order chi connectivity index (χ1) is 15.9. The average molecular weight is 445 g/mol. The Kier molecular flexibility index (Phi) is 5.24. The van der Waals surface area contributed by atoms with E-state index < -0.39 is 17.5 Å². The molecule has 2 aromatic carbocycles. The van der Waals surface area contributed by atoms with Crippen molar-refractivity contribution in [3.05, 3.63) is 70.3 Å². The number of hydrogen-bond acceptors (Lipinski definition) is 5. The summed E-state index contributed by atoms with van der Waals surface area (Å²) in [7, 11) is 0. The Balaban J connectivity index is 1.49. The fraction of sp³-hybridized carbons (Fsp3) is 0.269. The van der Waals surface area contributed by atoms with Crippen molar-refractivity contribution >= 4 is 33.8 Å². The van der Waals surface area contributed by atoms with E-state index in [1.165, 1.54) is 0 Å². The van der Waals surface area contributed by atoms with E-state index in [9.17, 15) is 14.4 Å². The number of piperidine rings is 1. The first-order valence-electron chi connectivity index (χ1n) is 11.0. The van der Waals surface area contributed by atoms with Crippen LogP contribution in [0.1, 0.15) is 24.0 Å². The third-order valence-corrected chi connectivity index (χ3v) is 6.59. The molecular formula is C26H23NO6. The fourth-order valence-corrected chi connectivity index (χ4v) is 4.59. The van der Waals surface area contributed by atoms with Crippen molar-refractivity contribution in [2.75, 3.05) is 13.1 Å². The lowest BCUT2D eigenvalue weighted by atomic mass is 9.96. The maximum absolute atomic E-state index is 12.9. The van der Waals surface area contributed by atoms with E-state index in [1.807, 2.05) is 43.3 Å². The van der Waals surface area contributed by atoms with Gasteiger partial charge in [0.15, 0.2) is 0 Å². The van der Waals surface area contributed by atoms with Crippen molar-refractivity contribution in [1.29, 1.82) is 0 Å². The number of carboxylic acid groups (broad SMARTS) is 1. The quantitative estimate of drug-likeness (QED) is 0.468. The summed E-state index contributed by atoms with van der Waals surface area (Å²) in [6.07, 6.45) is 2.47. The van der Waals surface area contributed by atoms with Gasteiger partial charge in [-0.2, -0.15) is 0 Å². The van der Waals surface area contributed by atoms with Crippen LogP contribution in [0.25, 0.3) is 33.1 Å². The number of nitrogens with zero attached hydrogens (tertiary/aromatic N) is 1. The highest BCUT2D eigenvalue weighted by molar-refractivity contribution is 6.02. The van der Waals surface area contributed by atoms with Crippen LogP contribution < -0.4 is 5.63 Å². The Morgan fingerprint density at radius 1 is 1.06 bits per heavy atom. The second kappa shape index (κ2) is 8.24. The largest absolute Gasteiger partial charge is 0.481 e. The zero-order valence-electron chi connectivity index (χ0n) is 18.2. The highest BCUT2D eigenvalue weighted by Gasteiger charge is 2.28. The van der Waals surface area contributed by atoms with Gasteiger partial charge in [-0.25, -0.2) is 4.79 Å². The second-order valence-electron chi connectivity index (χ2n) is 8.52. The van der Waals surface area contributed by atoms with Crippen LogP contribution in [0, 0.1) is 12.8 Å². The van der Waals surface area contributed by atoms with Gasteiger partial charge in [0.25, 0.3) is 0 Å². The summed E-state index contributed by atoms with van der Waals surface area (Å²) < 4.78 is 11.3. The van der Waals surface area contributed by atoms with Crippen LogP contribution in [0.4, 0.5) is 0 Å². The van der Waals surface area contributed by atoms with Crippen molar-refractivity contribution in [3.8, 4) is 11.1 Å². The van der Waals surface area contributed by atoms with Gasteiger partial charge in [-0.15, -0.1) is 0 Å². The average Bonchev–Trinajstić information content (AvgIpc) is 3.24. The number of fused-ring (bicyclic) bond motifs is 2. The molecule has 0 aliphatic carbocycles. The summed E-state index contributed by atoms with van der Waals surface area (Å²) in [6, 6.07) is 13.5. The SMILES string of the molecule is Cc1c(CC(=O)N2CCC(C(=O)O)CC2)c(=O)oc2cc3occ(-c4ccccc4)c3cc12. The van der Waals surface area contributed by atoms with Crippen LogP contribution in [0.3, 0.4) is 0 Å². The maximum atomic E-state index is 12.9. The minimum Gasteiger partial charge on any atom is -0.481 e. The molecule has 0 saturated carbocycles. The van der Waals surface area contributed by atoms with Gasteiger partial charge in [0.05, 0.1) is 24.2 Å². The smallest absolute Gasteiger partial charge is 0.340 e. The van der Waals surface area contributed by atoms with Gasteiger partial charge in [0.1, 0.15) is 11.2 Å². The number of furan rings is 1. The summed E-state index contributed by atoms with van der Waals surface area (Å²) in [4.78, 5) is 38.4. The Morgan fingerprint density at radius 2 is 1.79 bits per heavy atom. The van der Waals surface area contributed by atoms with E-state index in [0.717, 1.165) is 21.9 Å². The predicted molar refractivity (Wildman–Crippen MR) is 123 cm³/mol. The molecule has 1 aliphatic rings. The van der Waals surface area contributed by atoms with Crippen molar-refractivity contribution < 1.29 is 23.5 Å². The van der Waals surface area contributed by atoms with Crippen molar-refractivity contribution in [3.63, 3.8) is 0 Å². The number of rotatable bonds is 4. The van der Waals surface area contributed by atoms with E-state index >= 15 is 0 Å². The molecule has 0 radical (unpaired) electrons. The summed E-state index contributed by atoms with van der Waals surface area (Å²) in [6.45, 7) is 2.58. The number of aliphatic carboxylic acids is 1. The van der Waals surface area contributed by atoms with Crippen LogP contribution in [0.2, 0.25) is 0 Å². The Hall–Kier alpha value is -3.87. The lowest BCUT2D eigenvalue weighted by Gasteiger charge is -2.30. The first kappa shape index (κ1) is 21.0. The van der Waals surface area contributed by atoms with E-state index in [0.29, 0.717) is 48.2 Å². The number of benzene rings is 2. The summed E-state index contributed by atoms with van der Waals surface area (Å²) in [5.41, 5.74) is 3.49. The molecule has 1 N–H and O–H groups in total. The van der Waals surface area contributed by atoms with Gasteiger partial charge in [-0.05, 0) is 37.0 Å². The summed E-state index contributed by atoms with van der Waals surface area (Å²) in [5.74, 6) is -1.44. The third kappa shape index (κ3) is 3.80. The Bertz CT molecular complexity index is 1420. The van der Waals surface area contributed by atoms with Gasteiger partial charge in [0, 0.05) is 35.5 Å². The maximum Gasteiger partial charge on any atom is 0.340 e. The number of likely N-dealkylation sites (tertiary alicyclic amines) is 1. The molecule has 0 bridgehead atoms. The normalized spacial score (nSPS) is 14.8. The van der Waals surface area contributed by atoms with Crippen molar-refractivity contribution in [1.82, 2.24) is 4.90 Å². The lowest BCUT2D eigenvalue weighted by molar-refractivity contribution is -0.145. The van der Waals surface area contributed by atoms with Gasteiger partial charge < -0.3 is 18.8 Å². The molecule has 0 atom stereocenters. The number of aryl methyl sites for hydroxylation is 1. The molecule has 33 heavy (non-hydrogen) atoms. The summed E-state index contributed by atoms with van der Waals surface area (Å²) in [5, 5.41) is 10.8. The number of carbonyl (C=O) groups is 2. The number of hydrogen-bond donors (Lipinski definition) is 1. The topological polar surface area (TPSA) is 101 Å². The van der Waals surface area contributed by atoms with E-state index in [1.54, 1.807) is 17.2 Å². The van der Waals surface area contributed by atoms with Crippen molar-refractivity contribution in [2.24, 2.45) is 5.92 Å². The number of carboxylic acids is 1. The van der Waals surface area contributed by atoms with Gasteiger partial charge in [-0.1, -0.05) is 30.3 Å². The van der Waals surface area contributed by atoms with Crippen LogP contribution in [0.15, 0.2) is 62.4 Å². The van der Waals surface area contributed by atoms with Gasteiger partial charge >= 0.3 is 11.6 Å². The Morgan fingerprint density at radius 3 is 2.48 bits per heavy atom. The molecule has 1 aliphatic heterocycles. The zero-order chi connectivity index (χ0) is 23.1. The highest BCUT2D eigenvalue weighted by Crippen LogP contribution is 2.34. The minimum absolute atomic E-state index is 0.0726. The van der Waals surface area contributed by atoms with E-state index in [4.69, 9.17) is 13.9 Å².